The lowest BCUT2D eigenvalue weighted by molar-refractivity contribution is 0.101. The van der Waals surface area contributed by atoms with Gasteiger partial charge in [0.25, 0.3) is 5.91 Å². The summed E-state index contributed by atoms with van der Waals surface area (Å²) in [5.41, 5.74) is 5.28. The zero-order valence-corrected chi connectivity index (χ0v) is 21.6. The van der Waals surface area contributed by atoms with E-state index in [-0.39, 0.29) is 17.4 Å². The standard InChI is InChI=1S/C29H38N6O/c1-3-34-14-16-35(17-15-34)21(2)23-6-7-26(33-28(36)27-31-20-24(19-30)32-27)25(18-23)22-8-12-29(13-9-22)10-4-5-11-29/h6-8,18,20-21H,3-5,9-17H2,1-2H3,(H,31,32)(H,33,36). The van der Waals surface area contributed by atoms with Crippen molar-refractivity contribution in [2.45, 2.75) is 64.8 Å². The first-order chi connectivity index (χ1) is 17.5. The van der Waals surface area contributed by atoms with E-state index in [1.165, 1.54) is 49.4 Å². The molecule has 2 aliphatic carbocycles. The number of aromatic nitrogens is 2. The summed E-state index contributed by atoms with van der Waals surface area (Å²) >= 11 is 0. The largest absolute Gasteiger partial charge is 0.339 e. The molecule has 2 aromatic rings. The van der Waals surface area contributed by atoms with Gasteiger partial charge in [-0.3, -0.25) is 9.69 Å². The predicted molar refractivity (Wildman–Crippen MR) is 143 cm³/mol. The van der Waals surface area contributed by atoms with Crippen molar-refractivity contribution >= 4 is 17.2 Å². The molecule has 1 saturated heterocycles. The number of likely N-dealkylation sites (N-methyl/N-ethyl adjacent to an activating group) is 1. The number of nitrogens with zero attached hydrogens (tertiary/aromatic N) is 4. The van der Waals surface area contributed by atoms with Crippen LogP contribution in [0, 0.1) is 16.7 Å². The average molecular weight is 487 g/mol. The fourth-order valence-corrected chi connectivity index (χ4v) is 6.32. The number of H-pyrrole nitrogens is 1. The number of carbonyl (C=O) groups is 1. The fourth-order valence-electron chi connectivity index (χ4n) is 6.32. The van der Waals surface area contributed by atoms with Crippen molar-refractivity contribution in [1.29, 1.82) is 5.26 Å². The third-order valence-electron chi connectivity index (χ3n) is 8.80. The molecule has 2 N–H and O–H groups in total. The van der Waals surface area contributed by atoms with Gasteiger partial charge < -0.3 is 15.2 Å². The highest BCUT2D eigenvalue weighted by Gasteiger charge is 2.35. The van der Waals surface area contributed by atoms with E-state index in [1.54, 1.807) is 0 Å². The van der Waals surface area contributed by atoms with Crippen molar-refractivity contribution in [2.75, 3.05) is 38.0 Å². The van der Waals surface area contributed by atoms with E-state index in [0.717, 1.165) is 56.8 Å². The van der Waals surface area contributed by atoms with Crippen LogP contribution < -0.4 is 5.32 Å². The first-order valence-corrected chi connectivity index (χ1v) is 13.6. The second-order valence-electron chi connectivity index (χ2n) is 10.8. The van der Waals surface area contributed by atoms with Crippen LogP contribution in [0.2, 0.25) is 0 Å². The van der Waals surface area contributed by atoms with Crippen LogP contribution in [-0.4, -0.2) is 58.4 Å². The number of hydrogen-bond donors (Lipinski definition) is 2. The molecule has 3 aliphatic rings. The normalized spacial score (nSPS) is 21.2. The van der Waals surface area contributed by atoms with Gasteiger partial charge in [-0.2, -0.15) is 5.26 Å². The van der Waals surface area contributed by atoms with Crippen LogP contribution in [0.4, 0.5) is 5.69 Å². The summed E-state index contributed by atoms with van der Waals surface area (Å²) in [5, 5.41) is 12.1. The van der Waals surface area contributed by atoms with Gasteiger partial charge in [-0.05, 0) is 74.3 Å². The topological polar surface area (TPSA) is 88.0 Å². The summed E-state index contributed by atoms with van der Waals surface area (Å²) in [7, 11) is 0. The molecule has 1 saturated carbocycles. The Hall–Kier alpha value is -2.95. The summed E-state index contributed by atoms with van der Waals surface area (Å²) in [6.45, 7) is 10.0. The Kier molecular flexibility index (Phi) is 7.27. The molecule has 2 fully saturated rings. The first kappa shape index (κ1) is 24.7. The molecule has 190 valence electrons. The van der Waals surface area contributed by atoms with E-state index in [9.17, 15) is 4.79 Å². The van der Waals surface area contributed by atoms with Crippen LogP contribution in [0.1, 0.15) is 92.3 Å². The molecule has 1 unspecified atom stereocenters. The van der Waals surface area contributed by atoms with Crippen molar-refractivity contribution < 1.29 is 4.79 Å². The Balaban J connectivity index is 1.41. The number of hydrogen-bond acceptors (Lipinski definition) is 5. The van der Waals surface area contributed by atoms with Crippen LogP contribution in [-0.2, 0) is 0 Å². The summed E-state index contributed by atoms with van der Waals surface area (Å²) in [4.78, 5) is 24.9. The van der Waals surface area contributed by atoms with Crippen molar-refractivity contribution in [2.24, 2.45) is 5.41 Å². The van der Waals surface area contributed by atoms with Crippen LogP contribution >= 0.6 is 0 Å². The number of carbonyl (C=O) groups excluding carboxylic acids is 1. The van der Waals surface area contributed by atoms with Crippen molar-refractivity contribution in [3.8, 4) is 6.07 Å². The van der Waals surface area contributed by atoms with Gasteiger partial charge in [0.2, 0.25) is 0 Å². The lowest BCUT2D eigenvalue weighted by Gasteiger charge is -2.38. The third kappa shape index (κ3) is 5.11. The number of benzene rings is 1. The second kappa shape index (κ2) is 10.6. The SMILES string of the molecule is CCN1CCN(C(C)c2ccc(NC(=O)c3nc(C#N)c[nH]3)c(C3=CCC4(CCCC4)CC3)c2)CC1. The van der Waals surface area contributed by atoms with Gasteiger partial charge in [0.05, 0.1) is 0 Å². The van der Waals surface area contributed by atoms with E-state index >= 15 is 0 Å². The molecule has 5 rings (SSSR count). The Bertz CT molecular complexity index is 1160. The quantitative estimate of drug-likeness (QED) is 0.574. The smallest absolute Gasteiger partial charge is 0.291 e. The molecule has 7 nitrogen and oxygen atoms in total. The summed E-state index contributed by atoms with van der Waals surface area (Å²) < 4.78 is 0. The molecular formula is C29H38N6O. The Labute approximate surface area is 214 Å². The summed E-state index contributed by atoms with van der Waals surface area (Å²) in [6, 6.07) is 8.80. The van der Waals surface area contributed by atoms with E-state index in [0.29, 0.717) is 11.5 Å². The molecular weight excluding hydrogens is 448 g/mol. The van der Waals surface area contributed by atoms with Gasteiger partial charge in [-0.25, -0.2) is 4.98 Å². The van der Waals surface area contributed by atoms with Crippen molar-refractivity contribution in [1.82, 2.24) is 19.8 Å². The maximum absolute atomic E-state index is 13.0. The highest BCUT2D eigenvalue weighted by molar-refractivity contribution is 6.03. The minimum atomic E-state index is -0.321. The number of piperazine rings is 1. The molecule has 2 heterocycles. The molecule has 1 aliphatic heterocycles. The molecule has 7 heteroatoms. The van der Waals surface area contributed by atoms with Gasteiger partial charge in [0, 0.05) is 49.7 Å². The van der Waals surface area contributed by atoms with Gasteiger partial charge in [0.1, 0.15) is 6.07 Å². The van der Waals surface area contributed by atoms with Crippen LogP contribution in [0.3, 0.4) is 0 Å². The number of allylic oxidation sites excluding steroid dienone is 2. The highest BCUT2D eigenvalue weighted by Crippen LogP contribution is 2.50. The Morgan fingerprint density at radius 1 is 1.22 bits per heavy atom. The van der Waals surface area contributed by atoms with Gasteiger partial charge >= 0.3 is 0 Å². The number of aromatic amines is 1. The maximum atomic E-state index is 13.0. The van der Waals surface area contributed by atoms with Gasteiger partial charge in [0.15, 0.2) is 11.5 Å². The molecule has 1 amide bonds. The summed E-state index contributed by atoms with van der Waals surface area (Å²) in [5.74, 6) is -0.163. The Morgan fingerprint density at radius 3 is 2.64 bits per heavy atom. The number of imidazole rings is 1. The average Bonchev–Trinajstić information content (AvgIpc) is 3.59. The number of anilines is 1. The minimum Gasteiger partial charge on any atom is -0.339 e. The zero-order chi connectivity index (χ0) is 25.1. The molecule has 0 bridgehead atoms. The number of amides is 1. The molecule has 1 atom stereocenters. The predicted octanol–water partition coefficient (Wildman–Crippen LogP) is 5.36. The lowest BCUT2D eigenvalue weighted by Crippen LogP contribution is -2.46. The fraction of sp³-hybridized carbons (Fsp3) is 0.552. The molecule has 36 heavy (non-hydrogen) atoms. The summed E-state index contributed by atoms with van der Waals surface area (Å²) in [6.07, 6.45) is 12.7. The number of nitriles is 1. The molecule has 1 spiro atoms. The van der Waals surface area contributed by atoms with Crippen molar-refractivity contribution in [3.63, 3.8) is 0 Å². The van der Waals surface area contributed by atoms with Gasteiger partial charge in [-0.1, -0.05) is 31.9 Å². The highest BCUT2D eigenvalue weighted by atomic mass is 16.2. The van der Waals surface area contributed by atoms with Crippen LogP contribution in [0.5, 0.6) is 0 Å². The monoisotopic (exact) mass is 486 g/mol. The van der Waals surface area contributed by atoms with Gasteiger partial charge in [-0.15, -0.1) is 0 Å². The van der Waals surface area contributed by atoms with E-state index in [1.807, 2.05) is 6.07 Å². The minimum absolute atomic E-state index is 0.159. The maximum Gasteiger partial charge on any atom is 0.291 e. The van der Waals surface area contributed by atoms with E-state index < -0.39 is 0 Å². The molecule has 0 radical (unpaired) electrons. The number of rotatable bonds is 6. The Morgan fingerprint density at radius 2 is 2.00 bits per heavy atom. The van der Waals surface area contributed by atoms with E-state index in [4.69, 9.17) is 5.26 Å². The number of nitrogens with one attached hydrogen (secondary N) is 2. The van der Waals surface area contributed by atoms with Crippen LogP contribution in [0.25, 0.3) is 5.57 Å². The van der Waals surface area contributed by atoms with Crippen molar-refractivity contribution in [3.05, 3.63) is 53.1 Å². The molecule has 1 aromatic heterocycles. The first-order valence-electron chi connectivity index (χ1n) is 13.6. The molecule has 1 aromatic carbocycles. The van der Waals surface area contributed by atoms with Crippen LogP contribution in [0.15, 0.2) is 30.5 Å². The zero-order valence-electron chi connectivity index (χ0n) is 21.6. The third-order valence-corrected chi connectivity index (χ3v) is 8.80. The lowest BCUT2D eigenvalue weighted by atomic mass is 9.72. The van der Waals surface area contributed by atoms with E-state index in [2.05, 4.69) is 63.2 Å². The second-order valence-corrected chi connectivity index (χ2v) is 10.8.